The van der Waals surface area contributed by atoms with Crippen LogP contribution in [0.25, 0.3) is 11.2 Å². The SMILES string of the molecule is C#Cc1cccc(C2(C(F)(F)F)NN2)c1Cn1nnc2c(N3CCC(F)(F)C3)nc(C(F)(F)c3ccccc3)nc21. The Morgan fingerprint density at radius 3 is 2.32 bits per heavy atom. The molecule has 0 radical (unpaired) electrons. The molecule has 0 unspecified atom stereocenters. The Morgan fingerprint density at radius 2 is 1.71 bits per heavy atom. The zero-order valence-corrected chi connectivity index (χ0v) is 20.9. The number of aromatic nitrogens is 5. The van der Waals surface area contributed by atoms with E-state index in [2.05, 4.69) is 37.1 Å². The van der Waals surface area contributed by atoms with E-state index in [0.29, 0.717) is 0 Å². The highest BCUT2D eigenvalue weighted by molar-refractivity contribution is 5.83. The third-order valence-corrected chi connectivity index (χ3v) is 7.07. The van der Waals surface area contributed by atoms with E-state index in [9.17, 15) is 22.0 Å². The van der Waals surface area contributed by atoms with Gasteiger partial charge < -0.3 is 4.90 Å². The molecule has 0 atom stereocenters. The van der Waals surface area contributed by atoms with Crippen molar-refractivity contribution in [1.29, 1.82) is 0 Å². The van der Waals surface area contributed by atoms with Gasteiger partial charge in [-0.2, -0.15) is 22.0 Å². The number of hydrazine groups is 1. The van der Waals surface area contributed by atoms with Gasteiger partial charge in [0.1, 0.15) is 0 Å². The lowest BCUT2D eigenvalue weighted by atomic mass is 9.93. The number of benzene rings is 2. The van der Waals surface area contributed by atoms with Gasteiger partial charge in [-0.1, -0.05) is 53.6 Å². The van der Waals surface area contributed by atoms with E-state index in [-0.39, 0.29) is 40.2 Å². The summed E-state index contributed by atoms with van der Waals surface area (Å²) in [4.78, 5) is 9.10. The lowest BCUT2D eigenvalue weighted by Crippen LogP contribution is -2.36. The van der Waals surface area contributed by atoms with Crippen molar-refractivity contribution in [3.05, 3.63) is 76.6 Å². The van der Waals surface area contributed by atoms with Gasteiger partial charge >= 0.3 is 12.1 Å². The van der Waals surface area contributed by atoms with Gasteiger partial charge in [-0.05, 0) is 11.6 Å². The fourth-order valence-corrected chi connectivity index (χ4v) is 4.89. The Morgan fingerprint density at radius 1 is 0.976 bits per heavy atom. The summed E-state index contributed by atoms with van der Waals surface area (Å²) in [5.41, 5.74) is 0.595. The van der Waals surface area contributed by atoms with Crippen molar-refractivity contribution in [1.82, 2.24) is 35.8 Å². The Balaban J connectivity index is 1.52. The quantitative estimate of drug-likeness (QED) is 0.203. The zero-order valence-electron chi connectivity index (χ0n) is 20.9. The number of anilines is 1. The van der Waals surface area contributed by atoms with Crippen molar-refractivity contribution in [2.75, 3.05) is 18.0 Å². The van der Waals surface area contributed by atoms with Gasteiger partial charge in [0.2, 0.25) is 11.5 Å². The predicted octanol–water partition coefficient (Wildman–Crippen LogP) is 4.06. The maximum absolute atomic E-state index is 15.7. The monoisotopic (exact) mass is 576 g/mol. The van der Waals surface area contributed by atoms with Gasteiger partial charge in [-0.25, -0.2) is 34.3 Å². The summed E-state index contributed by atoms with van der Waals surface area (Å²) in [5, 5.41) is 7.92. The number of halogens is 7. The largest absolute Gasteiger partial charge is 0.426 e. The molecule has 2 saturated heterocycles. The first-order valence-electron chi connectivity index (χ1n) is 12.2. The predicted molar refractivity (Wildman–Crippen MR) is 132 cm³/mol. The minimum absolute atomic E-state index is 0.000799. The minimum atomic E-state index is -4.76. The van der Waals surface area contributed by atoms with Crippen molar-refractivity contribution in [2.24, 2.45) is 0 Å². The molecular formula is C26H19F7N8. The van der Waals surface area contributed by atoms with Crippen molar-refractivity contribution < 1.29 is 30.7 Å². The summed E-state index contributed by atoms with van der Waals surface area (Å²) in [5.74, 6) is -5.80. The summed E-state index contributed by atoms with van der Waals surface area (Å²) in [6.45, 7) is -1.44. The van der Waals surface area contributed by atoms with E-state index >= 15 is 8.78 Å². The summed E-state index contributed by atoms with van der Waals surface area (Å²) >= 11 is 0. The van der Waals surface area contributed by atoms with Crippen LogP contribution in [0.2, 0.25) is 0 Å². The molecule has 0 bridgehead atoms. The third kappa shape index (κ3) is 4.43. The average Bonchev–Trinajstić information content (AvgIpc) is 3.55. The second kappa shape index (κ2) is 9.11. The van der Waals surface area contributed by atoms with Crippen LogP contribution in [0.5, 0.6) is 0 Å². The van der Waals surface area contributed by atoms with Crippen LogP contribution >= 0.6 is 0 Å². The number of rotatable bonds is 6. The van der Waals surface area contributed by atoms with E-state index in [1.807, 2.05) is 0 Å². The number of terminal acetylenes is 1. The highest BCUT2D eigenvalue weighted by Gasteiger charge is 2.66. The Hall–Kier alpha value is -4.29. The number of nitrogens with one attached hydrogen (secondary N) is 2. The van der Waals surface area contributed by atoms with Gasteiger partial charge in [0, 0.05) is 29.7 Å². The lowest BCUT2D eigenvalue weighted by molar-refractivity contribution is -0.165. The van der Waals surface area contributed by atoms with Crippen LogP contribution in [0, 0.1) is 12.3 Å². The molecule has 4 aromatic rings. The molecule has 15 heteroatoms. The van der Waals surface area contributed by atoms with Crippen molar-refractivity contribution >= 4 is 17.0 Å². The molecule has 212 valence electrons. The zero-order chi connectivity index (χ0) is 29.2. The maximum atomic E-state index is 15.7. The van der Waals surface area contributed by atoms with Gasteiger partial charge in [-0.3, -0.25) is 0 Å². The van der Waals surface area contributed by atoms with Crippen LogP contribution in [0.15, 0.2) is 48.5 Å². The van der Waals surface area contributed by atoms with Crippen molar-refractivity contribution in [3.8, 4) is 12.3 Å². The van der Waals surface area contributed by atoms with Crippen LogP contribution < -0.4 is 15.8 Å². The molecule has 0 saturated carbocycles. The van der Waals surface area contributed by atoms with E-state index in [0.717, 1.165) is 21.7 Å². The second-order valence-electron chi connectivity index (χ2n) is 9.73. The van der Waals surface area contributed by atoms with Crippen LogP contribution in [0.4, 0.5) is 36.6 Å². The van der Waals surface area contributed by atoms with Gasteiger partial charge in [-0.15, -0.1) is 11.5 Å². The Kier molecular flexibility index (Phi) is 5.98. The van der Waals surface area contributed by atoms with Crippen LogP contribution in [0.3, 0.4) is 0 Å². The molecular weight excluding hydrogens is 557 g/mol. The number of alkyl halides is 7. The molecule has 2 N–H and O–H groups in total. The molecule has 2 aromatic heterocycles. The maximum Gasteiger partial charge on any atom is 0.426 e. The first-order valence-corrected chi connectivity index (χ1v) is 12.2. The normalized spacial score (nSPS) is 18.0. The van der Waals surface area contributed by atoms with Gasteiger partial charge in [0.05, 0.1) is 13.1 Å². The van der Waals surface area contributed by atoms with Gasteiger partial charge in [0.25, 0.3) is 5.92 Å². The number of nitrogens with zero attached hydrogens (tertiary/aromatic N) is 6. The van der Waals surface area contributed by atoms with E-state index in [4.69, 9.17) is 6.42 Å². The summed E-state index contributed by atoms with van der Waals surface area (Å²) in [7, 11) is 0. The number of hydrogen-bond donors (Lipinski definition) is 2. The fraction of sp³-hybridized carbons (Fsp3) is 0.308. The number of fused-ring (bicyclic) bond motifs is 1. The summed E-state index contributed by atoms with van der Waals surface area (Å²) < 4.78 is 103. The molecule has 2 fully saturated rings. The summed E-state index contributed by atoms with van der Waals surface area (Å²) in [6, 6.07) is 10.6. The van der Waals surface area contributed by atoms with E-state index in [1.54, 1.807) is 0 Å². The Bertz CT molecular complexity index is 1670. The smallest absolute Gasteiger partial charge is 0.348 e. The van der Waals surface area contributed by atoms with Crippen molar-refractivity contribution in [2.45, 2.75) is 36.6 Å². The molecule has 2 aliphatic heterocycles. The molecule has 4 heterocycles. The molecule has 0 aliphatic carbocycles. The number of hydrogen-bond acceptors (Lipinski definition) is 7. The molecule has 0 spiro atoms. The van der Waals surface area contributed by atoms with Crippen LogP contribution in [0.1, 0.15) is 34.5 Å². The minimum Gasteiger partial charge on any atom is -0.348 e. The molecule has 2 aromatic carbocycles. The topological polar surface area (TPSA) is 104 Å². The average molecular weight is 576 g/mol. The highest BCUT2D eigenvalue weighted by atomic mass is 19.4. The molecule has 8 nitrogen and oxygen atoms in total. The third-order valence-electron chi connectivity index (χ3n) is 7.07. The molecule has 6 rings (SSSR count). The van der Waals surface area contributed by atoms with Gasteiger partial charge in [0.15, 0.2) is 17.0 Å². The first kappa shape index (κ1) is 26.9. The Labute approximate surface area is 227 Å². The fourth-order valence-electron chi connectivity index (χ4n) is 4.89. The summed E-state index contributed by atoms with van der Waals surface area (Å²) in [6.07, 6.45) is 0.296. The molecule has 0 amide bonds. The standard InChI is InChI=1S/C26H19F7N8/c1-2-15-7-6-10-18(25(37-38-25)26(31,32)33)17(15)13-41-21-19(36-39-41)20(40-12-11-23(27,28)14-40)34-22(35-21)24(29,30)16-8-4-3-5-9-16/h1,3-10,37-38H,11-14H2. The van der Waals surface area contributed by atoms with Crippen LogP contribution in [-0.4, -0.2) is 50.2 Å². The molecule has 2 aliphatic rings. The van der Waals surface area contributed by atoms with E-state index in [1.165, 1.54) is 36.4 Å². The lowest BCUT2D eigenvalue weighted by Gasteiger charge is -2.22. The van der Waals surface area contributed by atoms with Crippen LogP contribution in [-0.2, 0) is 18.1 Å². The van der Waals surface area contributed by atoms with Crippen molar-refractivity contribution in [3.63, 3.8) is 0 Å². The van der Waals surface area contributed by atoms with E-state index < -0.39 is 54.6 Å². The second-order valence-corrected chi connectivity index (χ2v) is 9.73. The molecule has 41 heavy (non-hydrogen) atoms. The first-order chi connectivity index (χ1) is 19.4. The highest BCUT2D eigenvalue weighted by Crippen LogP contribution is 2.44.